The van der Waals surface area contributed by atoms with Crippen LogP contribution in [0.5, 0.6) is 0 Å². The summed E-state index contributed by atoms with van der Waals surface area (Å²) in [6, 6.07) is 7.45. The molecule has 24 heavy (non-hydrogen) atoms. The number of ether oxygens (including phenoxy) is 1. The summed E-state index contributed by atoms with van der Waals surface area (Å²) in [7, 11) is 0. The molecule has 1 unspecified atom stereocenters. The first-order chi connectivity index (χ1) is 11.5. The predicted octanol–water partition coefficient (Wildman–Crippen LogP) is 3.62. The lowest BCUT2D eigenvalue weighted by molar-refractivity contribution is -0.113. The standard InChI is InChI=1S/C16H16ClN3O3S/c1-3-23-16(22)20-15-13(9(2)19-20)14(24-8-12(21)18-15)10-4-6-11(17)7-5-10/h4-7,14H,3,8H2,1-2H3,(H,18,21). The largest absolute Gasteiger partial charge is 0.448 e. The molecule has 8 heteroatoms. The lowest BCUT2D eigenvalue weighted by Gasteiger charge is -2.15. The average molecular weight is 366 g/mol. The van der Waals surface area contributed by atoms with Gasteiger partial charge in [0.2, 0.25) is 5.91 Å². The Morgan fingerprint density at radius 1 is 1.46 bits per heavy atom. The molecule has 1 N–H and O–H groups in total. The van der Waals surface area contributed by atoms with Crippen molar-refractivity contribution in [3.05, 3.63) is 46.1 Å². The number of thioether (sulfide) groups is 1. The van der Waals surface area contributed by atoms with Crippen molar-refractivity contribution in [2.45, 2.75) is 19.1 Å². The molecule has 1 aliphatic heterocycles. The number of aromatic nitrogens is 2. The van der Waals surface area contributed by atoms with E-state index < -0.39 is 6.09 Å². The van der Waals surface area contributed by atoms with E-state index in [4.69, 9.17) is 16.3 Å². The Labute approximate surface area is 148 Å². The summed E-state index contributed by atoms with van der Waals surface area (Å²) >= 11 is 7.45. The Balaban J connectivity index is 2.11. The van der Waals surface area contributed by atoms with Crippen molar-refractivity contribution in [1.82, 2.24) is 9.78 Å². The number of nitrogens with zero attached hydrogens (tertiary/aromatic N) is 2. The molecule has 1 aromatic heterocycles. The molecular weight excluding hydrogens is 350 g/mol. The van der Waals surface area contributed by atoms with Gasteiger partial charge >= 0.3 is 6.09 Å². The van der Waals surface area contributed by atoms with Gasteiger partial charge in [-0.2, -0.15) is 5.10 Å². The van der Waals surface area contributed by atoms with Gasteiger partial charge in [0, 0.05) is 10.6 Å². The highest BCUT2D eigenvalue weighted by Crippen LogP contribution is 2.43. The van der Waals surface area contributed by atoms with E-state index in [0.717, 1.165) is 15.8 Å². The fourth-order valence-corrected chi connectivity index (χ4v) is 3.92. The van der Waals surface area contributed by atoms with E-state index in [-0.39, 0.29) is 23.5 Å². The molecule has 6 nitrogen and oxygen atoms in total. The lowest BCUT2D eigenvalue weighted by atomic mass is 10.0. The van der Waals surface area contributed by atoms with E-state index in [2.05, 4.69) is 10.4 Å². The molecule has 3 rings (SSSR count). The highest BCUT2D eigenvalue weighted by atomic mass is 35.5. The molecule has 0 aliphatic carbocycles. The number of carbonyl (C=O) groups excluding carboxylic acids is 2. The molecular formula is C16H16ClN3O3S. The summed E-state index contributed by atoms with van der Waals surface area (Å²) in [4.78, 5) is 24.2. The van der Waals surface area contributed by atoms with E-state index >= 15 is 0 Å². The second-order valence-electron chi connectivity index (χ2n) is 5.25. The van der Waals surface area contributed by atoms with Crippen LogP contribution < -0.4 is 5.32 Å². The van der Waals surface area contributed by atoms with Crippen LogP contribution in [0.3, 0.4) is 0 Å². The normalized spacial score (nSPS) is 17.0. The zero-order valence-corrected chi connectivity index (χ0v) is 14.8. The molecule has 2 heterocycles. The van der Waals surface area contributed by atoms with Crippen LogP contribution in [0.25, 0.3) is 0 Å². The summed E-state index contributed by atoms with van der Waals surface area (Å²) in [5.41, 5.74) is 2.47. The summed E-state index contributed by atoms with van der Waals surface area (Å²) in [5.74, 6) is 0.480. The van der Waals surface area contributed by atoms with Gasteiger partial charge in [0.05, 0.1) is 23.3 Å². The zero-order valence-electron chi connectivity index (χ0n) is 13.2. The van der Waals surface area contributed by atoms with Gasteiger partial charge in [0.15, 0.2) is 0 Å². The van der Waals surface area contributed by atoms with Crippen LogP contribution in [-0.2, 0) is 9.53 Å². The first-order valence-electron chi connectivity index (χ1n) is 7.44. The molecule has 0 bridgehead atoms. The average Bonchev–Trinajstić information content (AvgIpc) is 2.75. The number of rotatable bonds is 2. The van der Waals surface area contributed by atoms with Crippen molar-refractivity contribution >= 4 is 41.2 Å². The van der Waals surface area contributed by atoms with Crippen LogP contribution in [0.15, 0.2) is 24.3 Å². The predicted molar refractivity (Wildman–Crippen MR) is 93.8 cm³/mol. The fraction of sp³-hybridized carbons (Fsp3) is 0.312. The van der Waals surface area contributed by atoms with Crippen LogP contribution >= 0.6 is 23.4 Å². The quantitative estimate of drug-likeness (QED) is 0.879. The number of halogens is 1. The van der Waals surface area contributed by atoms with Crippen LogP contribution in [0.2, 0.25) is 5.02 Å². The first-order valence-corrected chi connectivity index (χ1v) is 8.87. The Kier molecular flexibility index (Phi) is 4.82. The smallest absolute Gasteiger partial charge is 0.436 e. The molecule has 0 saturated heterocycles. The van der Waals surface area contributed by atoms with Crippen molar-refractivity contribution in [2.24, 2.45) is 0 Å². The highest BCUT2D eigenvalue weighted by Gasteiger charge is 2.32. The number of carbonyl (C=O) groups is 2. The SMILES string of the molecule is CCOC(=O)n1nc(C)c2c1NC(=O)CSC2c1ccc(Cl)cc1. The van der Waals surface area contributed by atoms with Crippen LogP contribution in [0.4, 0.5) is 10.6 Å². The Bertz CT molecular complexity index is 789. The highest BCUT2D eigenvalue weighted by molar-refractivity contribution is 8.00. The summed E-state index contributed by atoms with van der Waals surface area (Å²) in [6.07, 6.45) is -0.607. The van der Waals surface area contributed by atoms with Crippen LogP contribution in [0.1, 0.15) is 29.0 Å². The number of hydrogen-bond acceptors (Lipinski definition) is 5. The van der Waals surface area contributed by atoms with Crippen LogP contribution in [-0.4, -0.2) is 34.1 Å². The van der Waals surface area contributed by atoms with E-state index in [1.807, 2.05) is 31.2 Å². The van der Waals surface area contributed by atoms with Gasteiger partial charge in [0.1, 0.15) is 5.82 Å². The molecule has 1 amide bonds. The molecule has 0 radical (unpaired) electrons. The third-order valence-electron chi connectivity index (χ3n) is 3.62. The Morgan fingerprint density at radius 2 is 2.17 bits per heavy atom. The van der Waals surface area contributed by atoms with Gasteiger partial charge in [0.25, 0.3) is 0 Å². The minimum absolute atomic E-state index is 0.126. The van der Waals surface area contributed by atoms with Crippen LogP contribution in [0, 0.1) is 6.92 Å². The third kappa shape index (κ3) is 3.14. The summed E-state index contributed by atoms with van der Waals surface area (Å²) in [6.45, 7) is 3.77. The number of anilines is 1. The second kappa shape index (κ2) is 6.86. The monoisotopic (exact) mass is 365 g/mol. The van der Waals surface area contributed by atoms with Gasteiger partial charge in [-0.05, 0) is 31.5 Å². The maximum absolute atomic E-state index is 12.1. The number of fused-ring (bicyclic) bond motifs is 1. The molecule has 2 aromatic rings. The molecule has 0 spiro atoms. The van der Waals surface area contributed by atoms with Gasteiger partial charge in [-0.1, -0.05) is 23.7 Å². The Hall–Kier alpha value is -1.99. The lowest BCUT2D eigenvalue weighted by Crippen LogP contribution is -2.21. The molecule has 0 fully saturated rings. The summed E-state index contributed by atoms with van der Waals surface area (Å²) in [5, 5.41) is 7.56. The molecule has 1 atom stereocenters. The molecule has 126 valence electrons. The number of benzene rings is 1. The van der Waals surface area contributed by atoms with Crippen molar-refractivity contribution in [3.63, 3.8) is 0 Å². The molecule has 1 aliphatic rings. The van der Waals surface area contributed by atoms with Crippen molar-refractivity contribution in [2.75, 3.05) is 17.7 Å². The fourth-order valence-electron chi connectivity index (χ4n) is 2.60. The van der Waals surface area contributed by atoms with Crippen molar-refractivity contribution in [3.8, 4) is 0 Å². The summed E-state index contributed by atoms with van der Waals surface area (Å²) < 4.78 is 6.15. The van der Waals surface area contributed by atoms with Crippen molar-refractivity contribution in [1.29, 1.82) is 0 Å². The molecule has 1 aromatic carbocycles. The maximum atomic E-state index is 12.1. The third-order valence-corrected chi connectivity index (χ3v) is 5.14. The van der Waals surface area contributed by atoms with Gasteiger partial charge in [-0.3, -0.25) is 4.79 Å². The molecule has 0 saturated carbocycles. The minimum atomic E-state index is -0.607. The number of amides is 1. The van der Waals surface area contributed by atoms with Crippen molar-refractivity contribution < 1.29 is 14.3 Å². The van der Waals surface area contributed by atoms with Gasteiger partial charge < -0.3 is 10.1 Å². The number of hydrogen-bond donors (Lipinski definition) is 1. The second-order valence-corrected chi connectivity index (χ2v) is 6.78. The number of aryl methyl sites for hydroxylation is 1. The van der Waals surface area contributed by atoms with E-state index in [0.29, 0.717) is 16.5 Å². The number of nitrogens with one attached hydrogen (secondary N) is 1. The van der Waals surface area contributed by atoms with Gasteiger partial charge in [-0.25, -0.2) is 4.79 Å². The zero-order chi connectivity index (χ0) is 17.3. The van der Waals surface area contributed by atoms with Gasteiger partial charge in [-0.15, -0.1) is 16.4 Å². The first kappa shape index (κ1) is 16.9. The van der Waals surface area contributed by atoms with E-state index in [9.17, 15) is 9.59 Å². The topological polar surface area (TPSA) is 73.2 Å². The van der Waals surface area contributed by atoms with E-state index in [1.54, 1.807) is 6.92 Å². The Morgan fingerprint density at radius 3 is 2.83 bits per heavy atom. The maximum Gasteiger partial charge on any atom is 0.436 e. The minimum Gasteiger partial charge on any atom is -0.448 e. The van der Waals surface area contributed by atoms with E-state index in [1.165, 1.54) is 11.8 Å².